The van der Waals surface area contributed by atoms with Gasteiger partial charge in [0.15, 0.2) is 0 Å². The highest BCUT2D eigenvalue weighted by Gasteiger charge is 2.05. The van der Waals surface area contributed by atoms with Crippen LogP contribution in [0.1, 0.15) is 29.7 Å². The molecule has 0 amide bonds. The number of hydrogen-bond donors (Lipinski definition) is 2. The number of nitrogens with one attached hydrogen (secondary N) is 2. The van der Waals surface area contributed by atoms with Gasteiger partial charge in [0.1, 0.15) is 5.82 Å². The number of aromatic amines is 1. The van der Waals surface area contributed by atoms with Crippen molar-refractivity contribution in [1.29, 1.82) is 0 Å². The molecule has 5 heteroatoms. The number of hydrogen-bond acceptors (Lipinski definition) is 3. The fraction of sp³-hybridized carbons (Fsp3) is 0.500. The molecule has 0 saturated carbocycles. The summed E-state index contributed by atoms with van der Waals surface area (Å²) in [5, 5.41) is 7.81. The zero-order valence-electron chi connectivity index (χ0n) is 10.6. The van der Waals surface area contributed by atoms with Gasteiger partial charge in [0, 0.05) is 43.8 Å². The van der Waals surface area contributed by atoms with Gasteiger partial charge in [-0.15, -0.1) is 0 Å². The Morgan fingerprint density at radius 3 is 2.88 bits per heavy atom. The Hall–Kier alpha value is -1.62. The Morgan fingerprint density at radius 2 is 2.24 bits per heavy atom. The minimum absolute atomic E-state index is 0.804. The predicted molar refractivity (Wildman–Crippen MR) is 66.5 cm³/mol. The SMILES string of the molecule is CCc1nn(C)cc1CNCc1cnc(C)[nH]1. The fourth-order valence-corrected chi connectivity index (χ4v) is 1.92. The van der Waals surface area contributed by atoms with Crippen LogP contribution in [0.4, 0.5) is 0 Å². The summed E-state index contributed by atoms with van der Waals surface area (Å²) < 4.78 is 1.87. The summed E-state index contributed by atoms with van der Waals surface area (Å²) in [6, 6.07) is 0. The first kappa shape index (κ1) is 11.9. The Bertz CT molecular complexity index is 483. The van der Waals surface area contributed by atoms with Crippen molar-refractivity contribution in [2.24, 2.45) is 7.05 Å². The van der Waals surface area contributed by atoms with Crippen molar-refractivity contribution in [3.8, 4) is 0 Å². The van der Waals surface area contributed by atoms with Crippen molar-refractivity contribution in [1.82, 2.24) is 25.1 Å². The molecule has 0 unspecified atom stereocenters. The molecular weight excluding hydrogens is 214 g/mol. The maximum atomic E-state index is 4.42. The van der Waals surface area contributed by atoms with Crippen LogP contribution >= 0.6 is 0 Å². The number of H-pyrrole nitrogens is 1. The van der Waals surface area contributed by atoms with Crippen molar-refractivity contribution >= 4 is 0 Å². The molecule has 2 aromatic rings. The van der Waals surface area contributed by atoms with Gasteiger partial charge in [0.25, 0.3) is 0 Å². The molecule has 2 rings (SSSR count). The Labute approximate surface area is 101 Å². The second-order valence-electron chi connectivity index (χ2n) is 4.23. The summed E-state index contributed by atoms with van der Waals surface area (Å²) in [6.45, 7) is 5.73. The van der Waals surface area contributed by atoms with Gasteiger partial charge in [-0.25, -0.2) is 4.98 Å². The van der Waals surface area contributed by atoms with E-state index in [9.17, 15) is 0 Å². The highest BCUT2D eigenvalue weighted by atomic mass is 15.3. The lowest BCUT2D eigenvalue weighted by molar-refractivity contribution is 0.677. The van der Waals surface area contributed by atoms with Crippen LogP contribution in [0.3, 0.4) is 0 Å². The van der Waals surface area contributed by atoms with Gasteiger partial charge in [0.05, 0.1) is 5.69 Å². The quantitative estimate of drug-likeness (QED) is 0.818. The second kappa shape index (κ2) is 5.14. The van der Waals surface area contributed by atoms with Crippen molar-refractivity contribution in [2.75, 3.05) is 0 Å². The maximum Gasteiger partial charge on any atom is 0.103 e. The minimum Gasteiger partial charge on any atom is -0.345 e. The first-order valence-electron chi connectivity index (χ1n) is 5.91. The molecule has 92 valence electrons. The number of aryl methyl sites for hydroxylation is 3. The summed E-state index contributed by atoms with van der Waals surface area (Å²) in [6.07, 6.45) is 4.91. The van der Waals surface area contributed by atoms with Crippen LogP contribution in [0.15, 0.2) is 12.4 Å². The van der Waals surface area contributed by atoms with Gasteiger partial charge < -0.3 is 10.3 Å². The molecule has 0 aliphatic heterocycles. The van der Waals surface area contributed by atoms with E-state index in [0.29, 0.717) is 0 Å². The van der Waals surface area contributed by atoms with E-state index >= 15 is 0 Å². The van der Waals surface area contributed by atoms with Gasteiger partial charge >= 0.3 is 0 Å². The smallest absolute Gasteiger partial charge is 0.103 e. The van der Waals surface area contributed by atoms with Gasteiger partial charge in [-0.3, -0.25) is 4.68 Å². The molecule has 0 aliphatic carbocycles. The first-order valence-corrected chi connectivity index (χ1v) is 5.91. The molecule has 0 spiro atoms. The van der Waals surface area contributed by atoms with Crippen molar-refractivity contribution in [3.05, 3.63) is 35.2 Å². The zero-order chi connectivity index (χ0) is 12.3. The summed E-state index contributed by atoms with van der Waals surface area (Å²) in [4.78, 5) is 7.37. The largest absolute Gasteiger partial charge is 0.345 e. The summed E-state index contributed by atoms with van der Waals surface area (Å²) in [5.74, 6) is 0.956. The van der Waals surface area contributed by atoms with E-state index in [0.717, 1.165) is 31.0 Å². The Kier molecular flexibility index (Phi) is 3.58. The van der Waals surface area contributed by atoms with E-state index in [1.807, 2.05) is 24.9 Å². The number of rotatable bonds is 5. The van der Waals surface area contributed by atoms with Crippen molar-refractivity contribution < 1.29 is 0 Å². The highest BCUT2D eigenvalue weighted by molar-refractivity contribution is 5.16. The molecule has 0 aliphatic rings. The number of imidazole rings is 1. The van der Waals surface area contributed by atoms with Crippen molar-refractivity contribution in [3.63, 3.8) is 0 Å². The monoisotopic (exact) mass is 233 g/mol. The molecule has 0 fully saturated rings. The van der Waals surface area contributed by atoms with Gasteiger partial charge in [-0.05, 0) is 13.3 Å². The van der Waals surface area contributed by atoms with Crippen LogP contribution in [-0.2, 0) is 26.6 Å². The summed E-state index contributed by atoms with van der Waals surface area (Å²) >= 11 is 0. The van der Waals surface area contributed by atoms with Crippen LogP contribution in [0.5, 0.6) is 0 Å². The predicted octanol–water partition coefficient (Wildman–Crippen LogP) is 1.30. The standard InChI is InChI=1S/C12H19N5/c1-4-12-10(8-17(3)16-12)5-13-6-11-7-14-9(2)15-11/h7-8,13H,4-6H2,1-3H3,(H,14,15). The molecule has 0 aromatic carbocycles. The van der Waals surface area contributed by atoms with Crippen LogP contribution in [0.2, 0.25) is 0 Å². The molecule has 5 nitrogen and oxygen atoms in total. The molecular formula is C12H19N5. The topological polar surface area (TPSA) is 58.5 Å². The molecule has 17 heavy (non-hydrogen) atoms. The Morgan fingerprint density at radius 1 is 1.41 bits per heavy atom. The third-order valence-electron chi connectivity index (χ3n) is 2.71. The van der Waals surface area contributed by atoms with E-state index in [-0.39, 0.29) is 0 Å². The van der Waals surface area contributed by atoms with E-state index < -0.39 is 0 Å². The summed E-state index contributed by atoms with van der Waals surface area (Å²) in [5.41, 5.74) is 3.55. The van der Waals surface area contributed by atoms with Gasteiger partial charge in [-0.2, -0.15) is 5.10 Å². The van der Waals surface area contributed by atoms with E-state index in [2.05, 4.69) is 33.5 Å². The van der Waals surface area contributed by atoms with E-state index in [1.54, 1.807) is 0 Å². The molecule has 0 saturated heterocycles. The average Bonchev–Trinajstić information content (AvgIpc) is 2.85. The van der Waals surface area contributed by atoms with E-state index in [1.165, 1.54) is 11.3 Å². The molecule has 2 heterocycles. The lowest BCUT2D eigenvalue weighted by Gasteiger charge is -2.02. The first-order chi connectivity index (χ1) is 8.19. The molecule has 0 bridgehead atoms. The minimum atomic E-state index is 0.804. The highest BCUT2D eigenvalue weighted by Crippen LogP contribution is 2.07. The lowest BCUT2D eigenvalue weighted by Crippen LogP contribution is -2.13. The molecule has 0 radical (unpaired) electrons. The summed E-state index contributed by atoms with van der Waals surface area (Å²) in [7, 11) is 1.96. The maximum absolute atomic E-state index is 4.42. The van der Waals surface area contributed by atoms with Gasteiger partial charge in [0.2, 0.25) is 0 Å². The fourth-order valence-electron chi connectivity index (χ4n) is 1.92. The lowest BCUT2D eigenvalue weighted by atomic mass is 10.2. The third kappa shape index (κ3) is 2.94. The number of nitrogens with zero attached hydrogens (tertiary/aromatic N) is 3. The van der Waals surface area contributed by atoms with Crippen LogP contribution < -0.4 is 5.32 Å². The van der Waals surface area contributed by atoms with Crippen LogP contribution in [0, 0.1) is 6.92 Å². The van der Waals surface area contributed by atoms with Crippen molar-refractivity contribution in [2.45, 2.75) is 33.4 Å². The second-order valence-corrected chi connectivity index (χ2v) is 4.23. The van der Waals surface area contributed by atoms with E-state index in [4.69, 9.17) is 0 Å². The molecule has 0 atom stereocenters. The van der Waals surface area contributed by atoms with Gasteiger partial charge in [-0.1, -0.05) is 6.92 Å². The average molecular weight is 233 g/mol. The zero-order valence-corrected chi connectivity index (χ0v) is 10.6. The Balaban J connectivity index is 1.89. The molecule has 2 N–H and O–H groups in total. The molecule has 2 aromatic heterocycles. The number of aromatic nitrogens is 4. The van der Waals surface area contributed by atoms with Crippen LogP contribution in [0.25, 0.3) is 0 Å². The van der Waals surface area contributed by atoms with Crippen LogP contribution in [-0.4, -0.2) is 19.7 Å². The third-order valence-corrected chi connectivity index (χ3v) is 2.71. The normalized spacial score (nSPS) is 11.0.